The third-order valence-corrected chi connectivity index (χ3v) is 5.55. The average Bonchev–Trinajstić information content (AvgIpc) is 2.69. The highest BCUT2D eigenvalue weighted by Crippen LogP contribution is 2.24. The van der Waals surface area contributed by atoms with Gasteiger partial charge in [-0.25, -0.2) is 4.39 Å². The van der Waals surface area contributed by atoms with Gasteiger partial charge in [0.15, 0.2) is 6.04 Å². The molecule has 27 heavy (non-hydrogen) atoms. The number of para-hydroxylation sites is 1. The van der Waals surface area contributed by atoms with Crippen LogP contribution < -0.4 is 15.1 Å². The number of anilines is 1. The monoisotopic (exact) mass is 390 g/mol. The number of nitrogens with zero attached hydrogens (tertiary/aromatic N) is 1. The topological polar surface area (TPSA) is 36.8 Å². The molecule has 1 heterocycles. The summed E-state index contributed by atoms with van der Waals surface area (Å²) < 4.78 is 12.9. The molecule has 1 aliphatic rings. The molecule has 0 bridgehead atoms. The maximum atomic E-state index is 12.9. The summed E-state index contributed by atoms with van der Waals surface area (Å²) in [4.78, 5) is 16.0. The second-order valence-corrected chi connectivity index (χ2v) is 7.39. The predicted octanol–water partition coefficient (Wildman–Crippen LogP) is 1.93. The Morgan fingerprint density at radius 2 is 1.85 bits per heavy atom. The van der Waals surface area contributed by atoms with E-state index in [0.717, 1.165) is 42.5 Å². The van der Waals surface area contributed by atoms with Crippen molar-refractivity contribution in [3.05, 3.63) is 64.9 Å². The molecule has 2 aromatic carbocycles. The van der Waals surface area contributed by atoms with Crippen molar-refractivity contribution in [1.82, 2.24) is 5.32 Å². The third-order valence-electron chi connectivity index (χ3n) is 5.23. The number of amides is 1. The van der Waals surface area contributed by atoms with Crippen LogP contribution in [0.1, 0.15) is 12.5 Å². The third kappa shape index (κ3) is 5.21. The highest BCUT2D eigenvalue weighted by Gasteiger charge is 2.29. The first-order valence-corrected chi connectivity index (χ1v) is 9.78. The van der Waals surface area contributed by atoms with Crippen molar-refractivity contribution in [3.8, 4) is 0 Å². The average molecular weight is 391 g/mol. The van der Waals surface area contributed by atoms with Gasteiger partial charge in [0.25, 0.3) is 5.91 Å². The quantitative estimate of drug-likeness (QED) is 0.790. The van der Waals surface area contributed by atoms with Crippen molar-refractivity contribution >= 4 is 23.2 Å². The van der Waals surface area contributed by atoms with Gasteiger partial charge in [-0.3, -0.25) is 4.79 Å². The van der Waals surface area contributed by atoms with E-state index in [1.807, 2.05) is 31.2 Å². The Hall–Kier alpha value is -2.11. The van der Waals surface area contributed by atoms with Crippen LogP contribution in [-0.4, -0.2) is 44.7 Å². The summed E-state index contributed by atoms with van der Waals surface area (Å²) in [6.45, 7) is 6.11. The molecule has 1 fully saturated rings. The van der Waals surface area contributed by atoms with Crippen molar-refractivity contribution < 1.29 is 14.1 Å². The first-order chi connectivity index (χ1) is 13.0. The van der Waals surface area contributed by atoms with Crippen LogP contribution in [0.15, 0.2) is 48.5 Å². The van der Waals surface area contributed by atoms with Crippen molar-refractivity contribution in [2.24, 2.45) is 0 Å². The van der Waals surface area contributed by atoms with E-state index < -0.39 is 0 Å². The lowest BCUT2D eigenvalue weighted by molar-refractivity contribution is -0.914. The maximum absolute atomic E-state index is 12.9. The molecule has 0 saturated carbocycles. The van der Waals surface area contributed by atoms with E-state index in [1.54, 1.807) is 12.1 Å². The number of quaternary nitrogens is 1. The fourth-order valence-electron chi connectivity index (χ4n) is 3.50. The Kier molecular flexibility index (Phi) is 6.69. The molecule has 2 N–H and O–H groups in total. The standard InChI is InChI=1S/C21H25ClFN3O/c1-16(21(27)24-11-10-17-6-8-18(23)9-7-17)25-12-14-26(15-13-25)20-5-3-2-4-19(20)22/h2-9,16H,10-15H2,1H3,(H,24,27)/p+1/t16-/m0/s1. The molecule has 1 saturated heterocycles. The minimum atomic E-state index is -0.240. The summed E-state index contributed by atoms with van der Waals surface area (Å²) in [5.74, 6) is -0.172. The van der Waals surface area contributed by atoms with E-state index in [1.165, 1.54) is 17.0 Å². The highest BCUT2D eigenvalue weighted by molar-refractivity contribution is 6.33. The van der Waals surface area contributed by atoms with Crippen LogP contribution in [0.2, 0.25) is 5.02 Å². The molecule has 144 valence electrons. The second kappa shape index (κ2) is 9.20. The van der Waals surface area contributed by atoms with Gasteiger partial charge in [0.05, 0.1) is 36.9 Å². The van der Waals surface area contributed by atoms with Gasteiger partial charge < -0.3 is 15.1 Å². The van der Waals surface area contributed by atoms with Gasteiger partial charge in [-0.2, -0.15) is 0 Å². The van der Waals surface area contributed by atoms with Crippen molar-refractivity contribution in [2.75, 3.05) is 37.6 Å². The van der Waals surface area contributed by atoms with Gasteiger partial charge in [-0.15, -0.1) is 0 Å². The zero-order valence-corrected chi connectivity index (χ0v) is 16.3. The van der Waals surface area contributed by atoms with Crippen LogP contribution in [0.5, 0.6) is 0 Å². The molecule has 0 unspecified atom stereocenters. The van der Waals surface area contributed by atoms with Crippen molar-refractivity contribution in [1.29, 1.82) is 0 Å². The fourth-order valence-corrected chi connectivity index (χ4v) is 3.75. The van der Waals surface area contributed by atoms with E-state index in [0.29, 0.717) is 13.0 Å². The number of rotatable bonds is 6. The lowest BCUT2D eigenvalue weighted by Gasteiger charge is -2.36. The Morgan fingerprint density at radius 1 is 1.19 bits per heavy atom. The number of nitrogens with one attached hydrogen (secondary N) is 2. The van der Waals surface area contributed by atoms with E-state index in [4.69, 9.17) is 11.6 Å². The van der Waals surface area contributed by atoms with Crippen molar-refractivity contribution in [3.63, 3.8) is 0 Å². The van der Waals surface area contributed by atoms with Gasteiger partial charge in [-0.1, -0.05) is 35.9 Å². The number of hydrogen-bond acceptors (Lipinski definition) is 2. The zero-order chi connectivity index (χ0) is 19.2. The molecular weight excluding hydrogens is 365 g/mol. The van der Waals surface area contributed by atoms with Crippen LogP contribution in [-0.2, 0) is 11.2 Å². The maximum Gasteiger partial charge on any atom is 0.278 e. The number of hydrogen-bond donors (Lipinski definition) is 2. The molecule has 0 radical (unpaired) electrons. The molecule has 6 heteroatoms. The smallest absolute Gasteiger partial charge is 0.278 e. The molecule has 4 nitrogen and oxygen atoms in total. The van der Waals surface area contributed by atoms with Gasteiger partial charge >= 0.3 is 0 Å². The van der Waals surface area contributed by atoms with E-state index in [-0.39, 0.29) is 17.8 Å². The molecular formula is C21H26ClFN3O+. The SMILES string of the molecule is C[C@@H](C(=O)NCCc1ccc(F)cc1)[NH+]1CCN(c2ccccc2Cl)CC1. The molecule has 1 aliphatic heterocycles. The normalized spacial score (nSPS) is 16.2. The molecule has 2 aromatic rings. The van der Waals surface area contributed by atoms with Gasteiger partial charge in [-0.05, 0) is 43.2 Å². The molecule has 0 aliphatic carbocycles. The summed E-state index contributed by atoms with van der Waals surface area (Å²) in [5, 5.41) is 3.78. The molecule has 0 aromatic heterocycles. The molecule has 3 rings (SSSR count). The Balaban J connectivity index is 1.44. The lowest BCUT2D eigenvalue weighted by Crippen LogP contribution is -3.19. The van der Waals surface area contributed by atoms with Gasteiger partial charge in [0.2, 0.25) is 0 Å². The Labute approximate surface area is 164 Å². The second-order valence-electron chi connectivity index (χ2n) is 6.99. The van der Waals surface area contributed by atoms with E-state index in [2.05, 4.69) is 10.2 Å². The zero-order valence-electron chi connectivity index (χ0n) is 15.6. The van der Waals surface area contributed by atoms with Gasteiger partial charge in [0.1, 0.15) is 5.82 Å². The Morgan fingerprint density at radius 3 is 2.52 bits per heavy atom. The Bertz CT molecular complexity index is 760. The highest BCUT2D eigenvalue weighted by atomic mass is 35.5. The first-order valence-electron chi connectivity index (χ1n) is 9.41. The van der Waals surface area contributed by atoms with E-state index >= 15 is 0 Å². The minimum absolute atomic E-state index is 0.0679. The minimum Gasteiger partial charge on any atom is -0.359 e. The van der Waals surface area contributed by atoms with Crippen LogP contribution in [0.3, 0.4) is 0 Å². The summed E-state index contributed by atoms with van der Waals surface area (Å²) in [6, 6.07) is 14.2. The number of carbonyl (C=O) groups excluding carboxylic acids is 1. The number of halogens is 2. The fraction of sp³-hybridized carbons (Fsp3) is 0.381. The molecule has 1 atom stereocenters. The van der Waals surface area contributed by atoms with Crippen molar-refractivity contribution in [2.45, 2.75) is 19.4 Å². The van der Waals surface area contributed by atoms with Crippen LogP contribution in [0.4, 0.5) is 10.1 Å². The van der Waals surface area contributed by atoms with Crippen LogP contribution in [0.25, 0.3) is 0 Å². The first kappa shape index (κ1) is 19.6. The predicted molar refractivity (Wildman–Crippen MR) is 107 cm³/mol. The molecule has 0 spiro atoms. The van der Waals surface area contributed by atoms with Crippen LogP contribution in [0, 0.1) is 5.82 Å². The van der Waals surface area contributed by atoms with E-state index in [9.17, 15) is 9.18 Å². The summed E-state index contributed by atoms with van der Waals surface area (Å²) in [7, 11) is 0. The molecule has 1 amide bonds. The van der Waals surface area contributed by atoms with Crippen LogP contribution >= 0.6 is 11.6 Å². The summed E-state index contributed by atoms with van der Waals surface area (Å²) >= 11 is 6.29. The lowest BCUT2D eigenvalue weighted by atomic mass is 10.1. The largest absolute Gasteiger partial charge is 0.359 e. The summed E-state index contributed by atoms with van der Waals surface area (Å²) in [6.07, 6.45) is 0.703. The number of benzene rings is 2. The number of piperazine rings is 1. The number of carbonyl (C=O) groups is 1. The summed E-state index contributed by atoms with van der Waals surface area (Å²) in [5.41, 5.74) is 2.08. The van der Waals surface area contributed by atoms with Gasteiger partial charge in [0, 0.05) is 6.54 Å².